The Labute approximate surface area is 193 Å². The molecule has 0 aromatic heterocycles. The molecule has 1 fully saturated rings. The van der Waals surface area contributed by atoms with Gasteiger partial charge in [0.05, 0.1) is 10.6 Å². The number of amides is 1. The van der Waals surface area contributed by atoms with Crippen molar-refractivity contribution in [2.45, 2.75) is 31.1 Å². The summed E-state index contributed by atoms with van der Waals surface area (Å²) in [5.41, 5.74) is 4.05. The highest BCUT2D eigenvalue weighted by atomic mass is 35.5. The minimum atomic E-state index is -3.51. The molecule has 0 spiro atoms. The number of nitrogens with zero attached hydrogens (tertiary/aromatic N) is 3. The Kier molecular flexibility index (Phi) is 7.80. The normalized spacial score (nSPS) is 15.8. The third-order valence-electron chi connectivity index (χ3n) is 5.10. The number of nitrogens with one attached hydrogen (secondary N) is 1. The number of sulfonamides is 1. The third-order valence-corrected chi connectivity index (χ3v) is 7.26. The maximum Gasteiger partial charge on any atom is 0.282 e. The predicted molar refractivity (Wildman–Crippen MR) is 124 cm³/mol. The summed E-state index contributed by atoms with van der Waals surface area (Å²) in [6, 6.07) is 15.0. The molecule has 0 bridgehead atoms. The van der Waals surface area contributed by atoms with E-state index in [9.17, 15) is 18.5 Å². The van der Waals surface area contributed by atoms with Gasteiger partial charge < -0.3 is 0 Å². The molecule has 1 N–H and O–H groups in total. The van der Waals surface area contributed by atoms with E-state index >= 15 is 0 Å². The fourth-order valence-corrected chi connectivity index (χ4v) is 4.90. The van der Waals surface area contributed by atoms with Gasteiger partial charge in [-0.25, -0.2) is 13.8 Å². The Morgan fingerprint density at radius 2 is 1.72 bits per heavy atom. The number of hydrazone groups is 1. The van der Waals surface area contributed by atoms with E-state index in [2.05, 4.69) is 10.5 Å². The third kappa shape index (κ3) is 5.82. The molecular formula is C23H23ClN4O3S. The molecule has 7 nitrogen and oxygen atoms in total. The first-order valence-electron chi connectivity index (χ1n) is 10.1. The van der Waals surface area contributed by atoms with E-state index < -0.39 is 15.9 Å². The van der Waals surface area contributed by atoms with Gasteiger partial charge in [-0.3, -0.25) is 4.79 Å². The van der Waals surface area contributed by atoms with Crippen LogP contribution in [0.2, 0.25) is 5.02 Å². The summed E-state index contributed by atoms with van der Waals surface area (Å²) in [4.78, 5) is 12.6. The minimum absolute atomic E-state index is 0.105. The number of carbonyl (C=O) groups is 1. The van der Waals surface area contributed by atoms with Crippen molar-refractivity contribution >= 4 is 39.3 Å². The molecule has 1 aliphatic heterocycles. The molecule has 1 amide bonds. The predicted octanol–water partition coefficient (Wildman–Crippen LogP) is 3.96. The largest absolute Gasteiger partial charge is 0.282 e. The van der Waals surface area contributed by atoms with Crippen LogP contribution in [0.3, 0.4) is 0 Å². The quantitative estimate of drug-likeness (QED) is 0.298. The Bertz CT molecular complexity index is 1180. The molecule has 3 rings (SSSR count). The second-order valence-electron chi connectivity index (χ2n) is 7.35. The molecule has 9 heteroatoms. The Morgan fingerprint density at radius 3 is 2.31 bits per heavy atom. The number of hydrogen-bond acceptors (Lipinski definition) is 5. The maximum absolute atomic E-state index is 12.8. The van der Waals surface area contributed by atoms with E-state index in [0.717, 1.165) is 19.3 Å². The zero-order valence-corrected chi connectivity index (χ0v) is 19.2. The standard InChI is InChI=1S/C23H23ClN4O3S/c1-17(26-27-23(29)20(16-25)15-18-5-9-21(24)10-6-18)19-7-11-22(12-8-19)32(30,31)28-13-3-2-4-14-28/h5-12,15H,2-4,13-14H2,1H3,(H,27,29)/b20-15+,26-17+. The van der Waals surface area contributed by atoms with Gasteiger partial charge in [0.25, 0.3) is 5.91 Å². The van der Waals surface area contributed by atoms with Crippen LogP contribution in [0.1, 0.15) is 37.3 Å². The molecule has 0 radical (unpaired) electrons. The van der Waals surface area contributed by atoms with E-state index in [1.54, 1.807) is 55.5 Å². The Hall–Kier alpha value is -2.99. The first kappa shape index (κ1) is 23.7. The first-order valence-corrected chi connectivity index (χ1v) is 12.0. The van der Waals surface area contributed by atoms with Gasteiger partial charge in [-0.1, -0.05) is 42.3 Å². The average Bonchev–Trinajstić information content (AvgIpc) is 2.82. The summed E-state index contributed by atoms with van der Waals surface area (Å²) in [7, 11) is -3.51. The summed E-state index contributed by atoms with van der Waals surface area (Å²) < 4.78 is 27.0. The van der Waals surface area contributed by atoms with Crippen molar-refractivity contribution in [2.75, 3.05) is 13.1 Å². The maximum atomic E-state index is 12.8. The molecule has 0 aliphatic carbocycles. The molecule has 1 aliphatic rings. The molecule has 32 heavy (non-hydrogen) atoms. The van der Waals surface area contributed by atoms with Crippen LogP contribution in [-0.2, 0) is 14.8 Å². The van der Waals surface area contributed by atoms with Crippen molar-refractivity contribution in [1.29, 1.82) is 5.26 Å². The monoisotopic (exact) mass is 470 g/mol. The number of rotatable bonds is 6. The number of piperidine rings is 1. The molecule has 0 atom stereocenters. The average molecular weight is 471 g/mol. The van der Waals surface area contributed by atoms with E-state index in [0.29, 0.717) is 35.0 Å². The highest BCUT2D eigenvalue weighted by Gasteiger charge is 2.25. The summed E-state index contributed by atoms with van der Waals surface area (Å²) in [6.07, 6.45) is 4.24. The highest BCUT2D eigenvalue weighted by molar-refractivity contribution is 7.89. The second-order valence-corrected chi connectivity index (χ2v) is 9.72. The first-order chi connectivity index (χ1) is 15.3. The van der Waals surface area contributed by atoms with Gasteiger partial charge in [-0.2, -0.15) is 14.7 Å². The van der Waals surface area contributed by atoms with E-state index in [4.69, 9.17) is 11.6 Å². The zero-order chi connectivity index (χ0) is 23.1. The van der Waals surface area contributed by atoms with Crippen LogP contribution in [0.15, 0.2) is 64.1 Å². The minimum Gasteiger partial charge on any atom is -0.267 e. The second kappa shape index (κ2) is 10.6. The number of benzene rings is 2. The van der Waals surface area contributed by atoms with Crippen molar-refractivity contribution in [1.82, 2.24) is 9.73 Å². The Morgan fingerprint density at radius 1 is 1.09 bits per heavy atom. The summed E-state index contributed by atoms with van der Waals surface area (Å²) in [6.45, 7) is 2.77. The van der Waals surface area contributed by atoms with Gasteiger partial charge in [-0.05, 0) is 61.2 Å². The van der Waals surface area contributed by atoms with Crippen molar-refractivity contribution in [3.8, 4) is 6.07 Å². The van der Waals surface area contributed by atoms with Crippen molar-refractivity contribution < 1.29 is 13.2 Å². The number of carbonyl (C=O) groups excluding carboxylic acids is 1. The zero-order valence-electron chi connectivity index (χ0n) is 17.6. The molecule has 0 unspecified atom stereocenters. The van der Waals surface area contributed by atoms with Gasteiger partial charge in [0, 0.05) is 18.1 Å². The van der Waals surface area contributed by atoms with Gasteiger partial charge in [0.15, 0.2) is 0 Å². The van der Waals surface area contributed by atoms with Crippen molar-refractivity contribution in [3.05, 3.63) is 70.3 Å². The van der Waals surface area contributed by atoms with Crippen LogP contribution in [0.5, 0.6) is 0 Å². The fraction of sp³-hybridized carbons (Fsp3) is 0.261. The number of hydrogen-bond donors (Lipinski definition) is 1. The van der Waals surface area contributed by atoms with Gasteiger partial charge in [0.2, 0.25) is 10.0 Å². The molecule has 2 aromatic carbocycles. The molecule has 1 heterocycles. The molecule has 0 saturated carbocycles. The van der Waals surface area contributed by atoms with Crippen LogP contribution >= 0.6 is 11.6 Å². The topological polar surface area (TPSA) is 103 Å². The molecule has 2 aromatic rings. The Balaban J connectivity index is 1.69. The van der Waals surface area contributed by atoms with Crippen LogP contribution < -0.4 is 5.43 Å². The van der Waals surface area contributed by atoms with E-state index in [-0.39, 0.29) is 10.5 Å². The lowest BCUT2D eigenvalue weighted by molar-refractivity contribution is -0.117. The number of halogens is 1. The number of nitriles is 1. The van der Waals surface area contributed by atoms with Crippen LogP contribution in [-0.4, -0.2) is 37.4 Å². The summed E-state index contributed by atoms with van der Waals surface area (Å²) >= 11 is 5.84. The smallest absolute Gasteiger partial charge is 0.267 e. The molecule has 166 valence electrons. The molecular weight excluding hydrogens is 448 g/mol. The SMILES string of the molecule is C/C(=N\NC(=O)/C(C#N)=C/c1ccc(Cl)cc1)c1ccc(S(=O)(=O)N2CCCCC2)cc1. The highest BCUT2D eigenvalue weighted by Crippen LogP contribution is 2.21. The summed E-state index contributed by atoms with van der Waals surface area (Å²) in [5.74, 6) is -0.647. The fourth-order valence-electron chi connectivity index (χ4n) is 3.26. The van der Waals surface area contributed by atoms with Gasteiger partial charge in [-0.15, -0.1) is 0 Å². The van der Waals surface area contributed by atoms with Crippen molar-refractivity contribution in [3.63, 3.8) is 0 Å². The lowest BCUT2D eigenvalue weighted by Crippen LogP contribution is -2.35. The summed E-state index contributed by atoms with van der Waals surface area (Å²) in [5, 5.41) is 13.9. The van der Waals surface area contributed by atoms with Gasteiger partial charge >= 0.3 is 0 Å². The lowest BCUT2D eigenvalue weighted by Gasteiger charge is -2.25. The van der Waals surface area contributed by atoms with Gasteiger partial charge in [0.1, 0.15) is 11.6 Å². The van der Waals surface area contributed by atoms with Crippen LogP contribution in [0, 0.1) is 11.3 Å². The van der Waals surface area contributed by atoms with Crippen LogP contribution in [0.25, 0.3) is 6.08 Å². The van der Waals surface area contributed by atoms with Crippen molar-refractivity contribution in [2.24, 2.45) is 5.10 Å². The lowest BCUT2D eigenvalue weighted by atomic mass is 10.1. The molecule has 1 saturated heterocycles. The van der Waals surface area contributed by atoms with E-state index in [1.807, 2.05) is 6.07 Å². The van der Waals surface area contributed by atoms with E-state index in [1.165, 1.54) is 10.4 Å². The van der Waals surface area contributed by atoms with Crippen LogP contribution in [0.4, 0.5) is 0 Å².